The second kappa shape index (κ2) is 10.2. The number of nitrogens with one attached hydrogen (secondary N) is 2. The lowest BCUT2D eigenvalue weighted by atomic mass is 9.91. The van der Waals surface area contributed by atoms with Crippen LogP contribution in [-0.4, -0.2) is 35.6 Å². The van der Waals surface area contributed by atoms with Crippen LogP contribution in [0.3, 0.4) is 0 Å². The van der Waals surface area contributed by atoms with Crippen molar-refractivity contribution in [2.24, 2.45) is 11.8 Å². The highest BCUT2D eigenvalue weighted by molar-refractivity contribution is 6.02. The van der Waals surface area contributed by atoms with Crippen molar-refractivity contribution in [3.05, 3.63) is 65.1 Å². The van der Waals surface area contributed by atoms with Gasteiger partial charge in [0.15, 0.2) is 5.78 Å². The maximum Gasteiger partial charge on any atom is 0.224 e. The van der Waals surface area contributed by atoms with E-state index in [-0.39, 0.29) is 36.7 Å². The molecule has 7 nitrogen and oxygen atoms in total. The van der Waals surface area contributed by atoms with E-state index in [1.165, 1.54) is 6.07 Å². The fraction of sp³-hybridized carbons (Fsp3) is 0.379. The maximum absolute atomic E-state index is 14.1. The molecule has 1 heterocycles. The third-order valence-corrected chi connectivity index (χ3v) is 7.48. The number of ketones is 2. The van der Waals surface area contributed by atoms with Crippen LogP contribution in [0, 0.1) is 29.0 Å². The number of fused-ring (bicyclic) bond motifs is 2. The van der Waals surface area contributed by atoms with Crippen LogP contribution in [0.2, 0.25) is 0 Å². The van der Waals surface area contributed by atoms with Gasteiger partial charge in [0.25, 0.3) is 0 Å². The number of Topliss-reactive ketones (excluding diaryl/α,β-unsaturated/α-hetero) is 2. The number of H-pyrrole nitrogens is 1. The molecule has 190 valence electrons. The Bertz CT molecular complexity index is 1420. The molecule has 0 unspecified atom stereocenters. The summed E-state index contributed by atoms with van der Waals surface area (Å²) < 4.78 is 19.5. The third kappa shape index (κ3) is 5.12. The van der Waals surface area contributed by atoms with Gasteiger partial charge in [-0.2, -0.15) is 5.26 Å². The van der Waals surface area contributed by atoms with E-state index in [0.29, 0.717) is 34.9 Å². The summed E-state index contributed by atoms with van der Waals surface area (Å²) in [6, 6.07) is 13.0. The molecule has 3 aromatic rings. The fourth-order valence-electron chi connectivity index (χ4n) is 5.32. The molecule has 0 aliphatic heterocycles. The van der Waals surface area contributed by atoms with Crippen molar-refractivity contribution >= 4 is 28.4 Å². The van der Waals surface area contributed by atoms with Gasteiger partial charge in [-0.05, 0) is 54.2 Å². The first-order valence-electron chi connectivity index (χ1n) is 12.6. The Balaban J connectivity index is 1.29. The van der Waals surface area contributed by atoms with Gasteiger partial charge in [-0.3, -0.25) is 14.4 Å². The number of halogens is 1. The van der Waals surface area contributed by atoms with Gasteiger partial charge in [0.05, 0.1) is 18.9 Å². The summed E-state index contributed by atoms with van der Waals surface area (Å²) in [6.07, 6.45) is 2.67. The van der Waals surface area contributed by atoms with E-state index in [2.05, 4.69) is 16.4 Å². The Morgan fingerprint density at radius 1 is 1.22 bits per heavy atom. The summed E-state index contributed by atoms with van der Waals surface area (Å²) in [4.78, 5) is 42.2. The minimum atomic E-state index is -0.926. The first-order chi connectivity index (χ1) is 17.9. The second-order valence-corrected chi connectivity index (χ2v) is 10.0. The Morgan fingerprint density at radius 2 is 2.00 bits per heavy atom. The smallest absolute Gasteiger partial charge is 0.224 e. The van der Waals surface area contributed by atoms with Gasteiger partial charge >= 0.3 is 0 Å². The van der Waals surface area contributed by atoms with Crippen LogP contribution in [-0.2, 0) is 16.0 Å². The molecule has 8 heteroatoms. The molecule has 37 heavy (non-hydrogen) atoms. The number of aromatic nitrogens is 1. The van der Waals surface area contributed by atoms with Crippen molar-refractivity contribution in [1.29, 1.82) is 5.26 Å². The highest BCUT2D eigenvalue weighted by atomic mass is 19.1. The van der Waals surface area contributed by atoms with Gasteiger partial charge in [0.2, 0.25) is 5.91 Å². The highest BCUT2D eigenvalue weighted by Gasteiger charge is 2.36. The van der Waals surface area contributed by atoms with Crippen LogP contribution in [0.4, 0.5) is 4.39 Å². The largest absolute Gasteiger partial charge is 0.496 e. The molecule has 0 bridgehead atoms. The number of amides is 1. The summed E-state index contributed by atoms with van der Waals surface area (Å²) in [7, 11) is 1.57. The molecule has 5 rings (SSSR count). The monoisotopic (exact) mass is 501 g/mol. The average molecular weight is 502 g/mol. The number of ether oxygens (including phenoxy) is 1. The van der Waals surface area contributed by atoms with Crippen molar-refractivity contribution in [1.82, 2.24) is 10.3 Å². The second-order valence-electron chi connectivity index (χ2n) is 10.0. The lowest BCUT2D eigenvalue weighted by Gasteiger charge is -2.20. The first kappa shape index (κ1) is 24.7. The molecular formula is C29H28FN3O4. The molecule has 1 saturated carbocycles. The van der Waals surface area contributed by atoms with Gasteiger partial charge in [-0.15, -0.1) is 0 Å². The number of nitriles is 1. The number of benzene rings is 2. The number of hydrogen-bond acceptors (Lipinski definition) is 5. The molecule has 1 aromatic heterocycles. The van der Waals surface area contributed by atoms with Crippen molar-refractivity contribution in [2.45, 2.75) is 50.5 Å². The zero-order valence-corrected chi connectivity index (χ0v) is 20.6. The van der Waals surface area contributed by atoms with Crippen LogP contribution in [0.5, 0.6) is 5.75 Å². The average Bonchev–Trinajstić information content (AvgIpc) is 3.50. The van der Waals surface area contributed by atoms with E-state index in [1.807, 2.05) is 18.2 Å². The predicted octanol–water partition coefficient (Wildman–Crippen LogP) is 4.61. The number of carbonyl (C=O) groups is 3. The van der Waals surface area contributed by atoms with Crippen molar-refractivity contribution in [2.75, 3.05) is 7.11 Å². The van der Waals surface area contributed by atoms with Crippen LogP contribution in [0.25, 0.3) is 10.9 Å². The Kier molecular flexibility index (Phi) is 6.79. The van der Waals surface area contributed by atoms with Crippen LogP contribution in [0.15, 0.2) is 42.5 Å². The molecule has 0 radical (unpaired) electrons. The van der Waals surface area contributed by atoms with Gasteiger partial charge < -0.3 is 15.0 Å². The summed E-state index contributed by atoms with van der Waals surface area (Å²) in [5.74, 6) is -1.34. The maximum atomic E-state index is 14.1. The number of methoxy groups -OCH3 is 1. The molecule has 2 N–H and O–H groups in total. The number of nitrogens with zero attached hydrogens (tertiary/aromatic N) is 1. The molecule has 3 atom stereocenters. The van der Waals surface area contributed by atoms with E-state index in [0.717, 1.165) is 23.7 Å². The third-order valence-electron chi connectivity index (χ3n) is 7.48. The molecule has 1 fully saturated rings. The van der Waals surface area contributed by atoms with E-state index >= 15 is 0 Å². The Hall–Kier alpha value is -3.99. The molecule has 0 saturated heterocycles. The van der Waals surface area contributed by atoms with E-state index < -0.39 is 23.7 Å². The zero-order chi connectivity index (χ0) is 26.1. The van der Waals surface area contributed by atoms with Crippen LogP contribution >= 0.6 is 0 Å². The van der Waals surface area contributed by atoms with E-state index in [9.17, 15) is 24.0 Å². The molecular weight excluding hydrogens is 473 g/mol. The summed E-state index contributed by atoms with van der Waals surface area (Å²) >= 11 is 0. The first-order valence-corrected chi connectivity index (χ1v) is 12.6. The number of aromatic amines is 1. The SMILES string of the molecule is COc1cccc2[nH]c(C(=O)C[C@@H](CC3CC3)C(=O)N[C@H](C#N)C[C@H]3C(=O)Cc4c(F)cccc43)cc12. The lowest BCUT2D eigenvalue weighted by Crippen LogP contribution is -2.40. The van der Waals surface area contributed by atoms with Gasteiger partial charge in [-0.1, -0.05) is 31.0 Å². The number of rotatable bonds is 10. The lowest BCUT2D eigenvalue weighted by molar-refractivity contribution is -0.126. The van der Waals surface area contributed by atoms with Crippen LogP contribution < -0.4 is 10.1 Å². The minimum absolute atomic E-state index is 0.00598. The quantitative estimate of drug-likeness (QED) is 0.394. The number of carbonyl (C=O) groups excluding carboxylic acids is 3. The highest BCUT2D eigenvalue weighted by Crippen LogP contribution is 2.38. The van der Waals surface area contributed by atoms with Crippen molar-refractivity contribution < 1.29 is 23.5 Å². The topological polar surface area (TPSA) is 112 Å². The normalized spacial score (nSPS) is 18.2. The fourth-order valence-corrected chi connectivity index (χ4v) is 5.32. The van der Waals surface area contributed by atoms with Crippen LogP contribution in [0.1, 0.15) is 59.6 Å². The van der Waals surface area contributed by atoms with Gasteiger partial charge in [-0.25, -0.2) is 4.39 Å². The predicted molar refractivity (Wildman–Crippen MR) is 135 cm³/mol. The summed E-state index contributed by atoms with van der Waals surface area (Å²) in [6.45, 7) is 0. The number of hydrogen-bond donors (Lipinski definition) is 2. The van der Waals surface area contributed by atoms with E-state index in [4.69, 9.17) is 4.74 Å². The minimum Gasteiger partial charge on any atom is -0.496 e. The van der Waals surface area contributed by atoms with E-state index in [1.54, 1.807) is 25.3 Å². The van der Waals surface area contributed by atoms with Crippen molar-refractivity contribution in [3.8, 4) is 11.8 Å². The van der Waals surface area contributed by atoms with Crippen molar-refractivity contribution in [3.63, 3.8) is 0 Å². The molecule has 0 spiro atoms. The molecule has 2 aliphatic carbocycles. The Morgan fingerprint density at radius 3 is 2.73 bits per heavy atom. The summed E-state index contributed by atoms with van der Waals surface area (Å²) in [5, 5.41) is 13.3. The molecule has 2 aromatic carbocycles. The van der Waals surface area contributed by atoms with Gasteiger partial charge in [0.1, 0.15) is 23.4 Å². The standard InChI is InChI=1S/C29H28FN3O4/c1-37-28-7-3-6-24-22(28)13-25(33-24)27(35)11-17(10-16-8-9-16)29(36)32-18(15-31)12-21-19-4-2-5-23(30)20(19)14-26(21)34/h2-7,13,16-18,21,33H,8-12,14H2,1H3,(H,32,36)/t17-,18+,21-/m1/s1. The zero-order valence-electron chi connectivity index (χ0n) is 20.6. The summed E-state index contributed by atoms with van der Waals surface area (Å²) in [5.41, 5.74) is 2.12. The molecule has 2 aliphatic rings. The Labute approximate surface area is 214 Å². The van der Waals surface area contributed by atoms with Gasteiger partial charge in [0, 0.05) is 35.6 Å². The molecule has 1 amide bonds.